The molecule has 1 aromatic heterocycles. The first-order valence-corrected chi connectivity index (χ1v) is 12.9. The Morgan fingerprint density at radius 2 is 1.74 bits per heavy atom. The molecule has 7 nitrogen and oxygen atoms in total. The van der Waals surface area contributed by atoms with Crippen LogP contribution in [0.3, 0.4) is 0 Å². The molecule has 2 fully saturated rings. The van der Waals surface area contributed by atoms with Gasteiger partial charge in [0.1, 0.15) is 22.9 Å². The average molecular weight is 537 g/mol. The maximum absolute atomic E-state index is 16.2. The van der Waals surface area contributed by atoms with Crippen LogP contribution in [-0.4, -0.2) is 54.3 Å². The van der Waals surface area contributed by atoms with Crippen LogP contribution >= 0.6 is 11.6 Å². The standard InChI is InChI=1S/C28H27ClF2N6O/c1-36(2)18-10-8-15(9-11-18)33-28-34-26-19(27(35-28)37-13-16-6-7-17(14-37)32-16)12-20(29)23(25(26)31)24-21(30)4-3-5-22(24)38/h3-5,8-12,16-17,32,38H,6-7,13-14H2,1-2H3,(H,33,34,35)/t16-,17+. The number of aromatic hydroxyl groups is 1. The van der Waals surface area contributed by atoms with Gasteiger partial charge in [0, 0.05) is 61.6 Å². The Balaban J connectivity index is 1.52. The van der Waals surface area contributed by atoms with Crippen molar-refractivity contribution in [1.82, 2.24) is 15.3 Å². The molecule has 38 heavy (non-hydrogen) atoms. The number of phenols is 1. The summed E-state index contributed by atoms with van der Waals surface area (Å²) < 4.78 is 31.0. The van der Waals surface area contributed by atoms with E-state index in [0.717, 1.165) is 30.3 Å². The summed E-state index contributed by atoms with van der Waals surface area (Å²) in [5, 5.41) is 17.6. The zero-order valence-corrected chi connectivity index (χ0v) is 21.7. The van der Waals surface area contributed by atoms with Crippen molar-refractivity contribution < 1.29 is 13.9 Å². The molecule has 0 saturated carbocycles. The molecule has 6 rings (SSSR count). The van der Waals surface area contributed by atoms with Crippen LogP contribution in [0.1, 0.15) is 12.8 Å². The fourth-order valence-electron chi connectivity index (χ4n) is 5.41. The minimum absolute atomic E-state index is 0.00431. The first-order chi connectivity index (χ1) is 18.3. The van der Waals surface area contributed by atoms with Gasteiger partial charge in [-0.05, 0) is 55.3 Å². The molecule has 2 atom stereocenters. The highest BCUT2D eigenvalue weighted by atomic mass is 35.5. The molecular weight excluding hydrogens is 510 g/mol. The second kappa shape index (κ2) is 9.56. The zero-order valence-electron chi connectivity index (χ0n) is 21.0. The number of nitrogens with zero attached hydrogens (tertiary/aromatic N) is 4. The second-order valence-electron chi connectivity index (χ2n) is 10.1. The van der Waals surface area contributed by atoms with Gasteiger partial charge in [-0.2, -0.15) is 4.98 Å². The summed E-state index contributed by atoms with van der Waals surface area (Å²) in [6.07, 6.45) is 2.14. The van der Waals surface area contributed by atoms with Crippen LogP contribution in [0.2, 0.25) is 5.02 Å². The summed E-state index contributed by atoms with van der Waals surface area (Å²) >= 11 is 6.55. The van der Waals surface area contributed by atoms with E-state index in [4.69, 9.17) is 16.6 Å². The molecule has 0 amide bonds. The molecule has 2 aliphatic heterocycles. The van der Waals surface area contributed by atoms with Crippen LogP contribution in [0.4, 0.5) is 31.9 Å². The predicted octanol–water partition coefficient (Wildman–Crippen LogP) is 5.68. The van der Waals surface area contributed by atoms with Crippen LogP contribution in [0.5, 0.6) is 5.75 Å². The summed E-state index contributed by atoms with van der Waals surface area (Å²) in [6.45, 7) is 1.43. The SMILES string of the molecule is CN(C)c1ccc(Nc2nc(N3C[C@H]4CC[C@@H](C3)N4)c3cc(Cl)c(-c4c(O)cccc4F)c(F)c3n2)cc1. The molecule has 10 heteroatoms. The summed E-state index contributed by atoms with van der Waals surface area (Å²) in [5.74, 6) is -1.23. The summed E-state index contributed by atoms with van der Waals surface area (Å²) in [5.41, 5.74) is 1.23. The Morgan fingerprint density at radius 1 is 1.03 bits per heavy atom. The van der Waals surface area contributed by atoms with Crippen molar-refractivity contribution in [2.45, 2.75) is 24.9 Å². The van der Waals surface area contributed by atoms with Crippen LogP contribution in [0.15, 0.2) is 48.5 Å². The molecule has 0 radical (unpaired) electrons. The lowest BCUT2D eigenvalue weighted by atomic mass is 10.0. The van der Waals surface area contributed by atoms with Gasteiger partial charge >= 0.3 is 0 Å². The molecule has 2 saturated heterocycles. The Morgan fingerprint density at radius 3 is 2.39 bits per heavy atom. The highest BCUT2D eigenvalue weighted by molar-refractivity contribution is 6.34. The fourth-order valence-corrected chi connectivity index (χ4v) is 5.69. The van der Waals surface area contributed by atoms with E-state index in [0.29, 0.717) is 36.4 Å². The van der Waals surface area contributed by atoms with Crippen molar-refractivity contribution in [3.05, 3.63) is 65.2 Å². The van der Waals surface area contributed by atoms with Gasteiger partial charge in [0.2, 0.25) is 5.95 Å². The van der Waals surface area contributed by atoms with Gasteiger partial charge in [-0.25, -0.2) is 13.8 Å². The molecule has 4 aromatic rings. The summed E-state index contributed by atoms with van der Waals surface area (Å²) in [4.78, 5) is 13.5. The number of hydrogen-bond donors (Lipinski definition) is 3. The Kier molecular flexibility index (Phi) is 6.20. The third-order valence-electron chi connectivity index (χ3n) is 7.26. The quantitative estimate of drug-likeness (QED) is 0.303. The van der Waals surface area contributed by atoms with E-state index in [9.17, 15) is 9.50 Å². The number of benzene rings is 3. The van der Waals surface area contributed by atoms with Crippen molar-refractivity contribution in [2.75, 3.05) is 42.3 Å². The van der Waals surface area contributed by atoms with Crippen molar-refractivity contribution in [3.8, 4) is 16.9 Å². The minimum Gasteiger partial charge on any atom is -0.507 e. The van der Waals surface area contributed by atoms with Crippen LogP contribution in [0.25, 0.3) is 22.0 Å². The predicted molar refractivity (Wildman–Crippen MR) is 148 cm³/mol. The molecule has 3 aromatic carbocycles. The number of rotatable bonds is 5. The lowest BCUT2D eigenvalue weighted by Crippen LogP contribution is -2.51. The average Bonchev–Trinajstić information content (AvgIpc) is 3.23. The number of halogens is 3. The highest BCUT2D eigenvalue weighted by Gasteiger charge is 2.34. The van der Waals surface area contributed by atoms with Crippen LogP contribution < -0.4 is 20.4 Å². The summed E-state index contributed by atoms with van der Waals surface area (Å²) in [7, 11) is 3.92. The van der Waals surface area contributed by atoms with E-state index in [1.165, 1.54) is 12.1 Å². The third kappa shape index (κ3) is 4.35. The van der Waals surface area contributed by atoms with Gasteiger partial charge in [0.05, 0.1) is 10.6 Å². The largest absolute Gasteiger partial charge is 0.507 e. The smallest absolute Gasteiger partial charge is 0.229 e. The molecule has 2 bridgehead atoms. The van der Waals surface area contributed by atoms with Crippen LogP contribution in [0, 0.1) is 11.6 Å². The molecule has 0 spiro atoms. The number of phenolic OH excluding ortho intramolecular Hbond substituents is 1. The lowest BCUT2D eigenvalue weighted by Gasteiger charge is -2.34. The van der Waals surface area contributed by atoms with Gasteiger partial charge in [-0.3, -0.25) is 0 Å². The second-order valence-corrected chi connectivity index (χ2v) is 10.5. The Bertz CT molecular complexity index is 1500. The number of nitrogens with one attached hydrogen (secondary N) is 2. The first kappa shape index (κ1) is 24.6. The maximum Gasteiger partial charge on any atom is 0.229 e. The number of hydrogen-bond acceptors (Lipinski definition) is 7. The number of anilines is 4. The molecular formula is C28H27ClF2N6O. The molecule has 196 valence electrons. The monoisotopic (exact) mass is 536 g/mol. The molecule has 2 aliphatic rings. The maximum atomic E-state index is 16.2. The van der Waals surface area contributed by atoms with Crippen molar-refractivity contribution in [1.29, 1.82) is 0 Å². The number of aromatic nitrogens is 2. The molecule has 3 heterocycles. The van der Waals surface area contributed by atoms with E-state index in [1.54, 1.807) is 6.07 Å². The van der Waals surface area contributed by atoms with E-state index < -0.39 is 17.4 Å². The Hall–Kier alpha value is -3.69. The van der Waals surface area contributed by atoms with Gasteiger partial charge in [-0.1, -0.05) is 17.7 Å². The van der Waals surface area contributed by atoms with Crippen molar-refractivity contribution in [3.63, 3.8) is 0 Å². The number of piperazine rings is 1. The highest BCUT2D eigenvalue weighted by Crippen LogP contribution is 2.43. The van der Waals surface area contributed by atoms with Crippen molar-refractivity contribution in [2.24, 2.45) is 0 Å². The van der Waals surface area contributed by atoms with Gasteiger partial charge in [0.15, 0.2) is 5.82 Å². The summed E-state index contributed by atoms with van der Waals surface area (Å²) in [6, 6.07) is 13.7. The molecule has 3 N–H and O–H groups in total. The fraction of sp³-hybridized carbons (Fsp3) is 0.286. The molecule has 0 unspecified atom stereocenters. The van der Waals surface area contributed by atoms with Crippen molar-refractivity contribution >= 4 is 45.6 Å². The number of fused-ring (bicyclic) bond motifs is 3. The van der Waals surface area contributed by atoms with Gasteiger partial charge < -0.3 is 25.5 Å². The van der Waals surface area contributed by atoms with E-state index in [-0.39, 0.29) is 27.6 Å². The lowest BCUT2D eigenvalue weighted by molar-refractivity contribution is 0.464. The van der Waals surface area contributed by atoms with Crippen LogP contribution in [-0.2, 0) is 0 Å². The van der Waals surface area contributed by atoms with E-state index >= 15 is 4.39 Å². The van der Waals surface area contributed by atoms with E-state index in [2.05, 4.69) is 20.5 Å². The normalized spacial score (nSPS) is 18.7. The Labute approximate surface area is 224 Å². The van der Waals surface area contributed by atoms with E-state index in [1.807, 2.05) is 43.3 Å². The van der Waals surface area contributed by atoms with Gasteiger partial charge in [0.25, 0.3) is 0 Å². The topological polar surface area (TPSA) is 76.5 Å². The molecule has 0 aliphatic carbocycles. The van der Waals surface area contributed by atoms with Gasteiger partial charge in [-0.15, -0.1) is 0 Å². The third-order valence-corrected chi connectivity index (χ3v) is 7.56. The first-order valence-electron chi connectivity index (χ1n) is 12.5. The minimum atomic E-state index is -0.819. The zero-order chi connectivity index (χ0) is 26.6.